The highest BCUT2D eigenvalue weighted by atomic mass is 35.5. The lowest BCUT2D eigenvalue weighted by atomic mass is 10.2. The first-order valence-electron chi connectivity index (χ1n) is 4.69. The Bertz CT molecular complexity index is 414. The number of benzene rings is 1. The molecule has 2 rings (SSSR count). The number of nitrogens with one attached hydrogen (secondary N) is 1. The third kappa shape index (κ3) is 2.81. The number of halogens is 1. The fourth-order valence-electron chi connectivity index (χ4n) is 1.30. The Kier molecular flexibility index (Phi) is 3.37. The van der Waals surface area contributed by atoms with E-state index in [1.165, 1.54) is 0 Å². The van der Waals surface area contributed by atoms with Gasteiger partial charge in [0, 0.05) is 24.2 Å². The van der Waals surface area contributed by atoms with Crippen molar-refractivity contribution < 1.29 is 4.52 Å². The summed E-state index contributed by atoms with van der Waals surface area (Å²) in [6.45, 7) is 1.41. The number of aromatic nitrogens is 1. The second-order valence-electron chi connectivity index (χ2n) is 3.19. The maximum absolute atomic E-state index is 6.01. The minimum absolute atomic E-state index is 0.682. The molecule has 0 fully saturated rings. The molecular formula is C11H11ClN2O. The molecule has 1 heterocycles. The third-order valence-corrected chi connectivity index (χ3v) is 2.44. The highest BCUT2D eigenvalue weighted by molar-refractivity contribution is 6.31. The molecule has 15 heavy (non-hydrogen) atoms. The standard InChI is InChI=1S/C11H11ClN2O/c12-11-4-2-1-3-9(11)7-13-8-10-5-6-15-14-10/h1-6,13H,7-8H2. The van der Waals surface area contributed by atoms with E-state index in [1.807, 2.05) is 30.3 Å². The van der Waals surface area contributed by atoms with Crippen LogP contribution in [0.5, 0.6) is 0 Å². The second kappa shape index (κ2) is 4.96. The van der Waals surface area contributed by atoms with Gasteiger partial charge < -0.3 is 9.84 Å². The molecule has 0 aliphatic heterocycles. The maximum atomic E-state index is 6.01. The molecule has 1 aromatic carbocycles. The zero-order chi connectivity index (χ0) is 10.5. The molecule has 0 aliphatic carbocycles. The molecule has 1 N–H and O–H groups in total. The van der Waals surface area contributed by atoms with Crippen molar-refractivity contribution in [2.24, 2.45) is 0 Å². The second-order valence-corrected chi connectivity index (χ2v) is 3.59. The van der Waals surface area contributed by atoms with Crippen molar-refractivity contribution >= 4 is 11.6 Å². The van der Waals surface area contributed by atoms with E-state index in [2.05, 4.69) is 10.5 Å². The van der Waals surface area contributed by atoms with E-state index in [0.29, 0.717) is 6.54 Å². The van der Waals surface area contributed by atoms with Gasteiger partial charge in [0.1, 0.15) is 6.26 Å². The zero-order valence-corrected chi connectivity index (χ0v) is 8.87. The van der Waals surface area contributed by atoms with Crippen molar-refractivity contribution in [2.45, 2.75) is 13.1 Å². The molecule has 0 spiro atoms. The summed E-state index contributed by atoms with van der Waals surface area (Å²) in [5, 5.41) is 7.82. The maximum Gasteiger partial charge on any atom is 0.124 e. The van der Waals surface area contributed by atoms with Crippen LogP contribution in [-0.2, 0) is 13.1 Å². The highest BCUT2D eigenvalue weighted by Gasteiger charge is 1.99. The molecule has 3 nitrogen and oxygen atoms in total. The summed E-state index contributed by atoms with van der Waals surface area (Å²) in [6, 6.07) is 9.61. The van der Waals surface area contributed by atoms with Crippen LogP contribution in [0, 0.1) is 0 Å². The predicted octanol–water partition coefficient (Wildman–Crippen LogP) is 2.62. The van der Waals surface area contributed by atoms with Crippen LogP contribution in [0.1, 0.15) is 11.3 Å². The van der Waals surface area contributed by atoms with Crippen LogP contribution in [0.25, 0.3) is 0 Å². The number of hydrogen-bond acceptors (Lipinski definition) is 3. The van der Waals surface area contributed by atoms with Gasteiger partial charge in [-0.3, -0.25) is 0 Å². The molecule has 0 radical (unpaired) electrons. The molecule has 1 aromatic heterocycles. The van der Waals surface area contributed by atoms with Gasteiger partial charge in [-0.2, -0.15) is 0 Å². The van der Waals surface area contributed by atoms with Gasteiger partial charge in [0.25, 0.3) is 0 Å². The van der Waals surface area contributed by atoms with Gasteiger partial charge in [0.2, 0.25) is 0 Å². The van der Waals surface area contributed by atoms with Crippen molar-refractivity contribution in [2.75, 3.05) is 0 Å². The summed E-state index contributed by atoms with van der Waals surface area (Å²) in [5.41, 5.74) is 1.98. The molecular weight excluding hydrogens is 212 g/mol. The minimum Gasteiger partial charge on any atom is -0.364 e. The quantitative estimate of drug-likeness (QED) is 0.864. The van der Waals surface area contributed by atoms with Crippen LogP contribution < -0.4 is 5.32 Å². The van der Waals surface area contributed by atoms with Crippen molar-refractivity contribution in [1.82, 2.24) is 10.5 Å². The lowest BCUT2D eigenvalue weighted by molar-refractivity contribution is 0.408. The fraction of sp³-hybridized carbons (Fsp3) is 0.182. The van der Waals surface area contributed by atoms with Crippen molar-refractivity contribution in [3.63, 3.8) is 0 Å². The van der Waals surface area contributed by atoms with Crippen LogP contribution in [0.2, 0.25) is 5.02 Å². The topological polar surface area (TPSA) is 38.1 Å². The molecule has 0 amide bonds. The van der Waals surface area contributed by atoms with E-state index in [4.69, 9.17) is 16.1 Å². The monoisotopic (exact) mass is 222 g/mol. The van der Waals surface area contributed by atoms with Gasteiger partial charge in [0.15, 0.2) is 0 Å². The molecule has 78 valence electrons. The molecule has 0 unspecified atom stereocenters. The smallest absolute Gasteiger partial charge is 0.124 e. The molecule has 0 bridgehead atoms. The van der Waals surface area contributed by atoms with E-state index in [9.17, 15) is 0 Å². The number of hydrogen-bond donors (Lipinski definition) is 1. The van der Waals surface area contributed by atoms with Crippen molar-refractivity contribution in [1.29, 1.82) is 0 Å². The van der Waals surface area contributed by atoms with Crippen LogP contribution in [-0.4, -0.2) is 5.16 Å². The molecule has 4 heteroatoms. The molecule has 0 saturated carbocycles. The van der Waals surface area contributed by atoms with E-state index in [0.717, 1.165) is 22.8 Å². The third-order valence-electron chi connectivity index (χ3n) is 2.07. The Morgan fingerprint density at radius 1 is 1.20 bits per heavy atom. The van der Waals surface area contributed by atoms with Crippen LogP contribution in [0.3, 0.4) is 0 Å². The normalized spacial score (nSPS) is 10.5. The van der Waals surface area contributed by atoms with Gasteiger partial charge in [0.05, 0.1) is 5.69 Å². The molecule has 0 aliphatic rings. The first-order chi connectivity index (χ1) is 7.36. The fourth-order valence-corrected chi connectivity index (χ4v) is 1.50. The number of rotatable bonds is 4. The van der Waals surface area contributed by atoms with Crippen molar-refractivity contribution in [3.05, 3.63) is 52.9 Å². The molecule has 0 atom stereocenters. The summed E-state index contributed by atoms with van der Waals surface area (Å²) in [5.74, 6) is 0. The lowest BCUT2D eigenvalue weighted by Crippen LogP contribution is -2.13. The van der Waals surface area contributed by atoms with Crippen LogP contribution in [0.4, 0.5) is 0 Å². The van der Waals surface area contributed by atoms with Crippen LogP contribution in [0.15, 0.2) is 41.1 Å². The Hall–Kier alpha value is -1.32. The van der Waals surface area contributed by atoms with E-state index < -0.39 is 0 Å². The number of nitrogens with zero attached hydrogens (tertiary/aromatic N) is 1. The first-order valence-corrected chi connectivity index (χ1v) is 5.07. The lowest BCUT2D eigenvalue weighted by Gasteiger charge is -2.04. The van der Waals surface area contributed by atoms with Gasteiger partial charge in [-0.05, 0) is 11.6 Å². The Morgan fingerprint density at radius 2 is 2.07 bits per heavy atom. The van der Waals surface area contributed by atoms with Gasteiger partial charge in [-0.15, -0.1) is 0 Å². The summed E-state index contributed by atoms with van der Waals surface area (Å²) in [6.07, 6.45) is 1.56. The minimum atomic E-state index is 0.682. The average molecular weight is 223 g/mol. The summed E-state index contributed by atoms with van der Waals surface area (Å²) >= 11 is 6.01. The van der Waals surface area contributed by atoms with Gasteiger partial charge in [-0.1, -0.05) is 35.0 Å². The zero-order valence-electron chi connectivity index (χ0n) is 8.11. The molecule has 2 aromatic rings. The SMILES string of the molecule is Clc1ccccc1CNCc1ccon1. The largest absolute Gasteiger partial charge is 0.364 e. The van der Waals surface area contributed by atoms with Crippen molar-refractivity contribution in [3.8, 4) is 0 Å². The van der Waals surface area contributed by atoms with Gasteiger partial charge >= 0.3 is 0 Å². The summed E-state index contributed by atoms with van der Waals surface area (Å²) in [7, 11) is 0. The Morgan fingerprint density at radius 3 is 2.80 bits per heavy atom. The molecule has 0 saturated heterocycles. The van der Waals surface area contributed by atoms with Crippen LogP contribution >= 0.6 is 11.6 Å². The predicted molar refractivity (Wildman–Crippen MR) is 58.5 cm³/mol. The Labute approximate surface area is 93.0 Å². The highest BCUT2D eigenvalue weighted by Crippen LogP contribution is 2.14. The van der Waals surface area contributed by atoms with Gasteiger partial charge in [-0.25, -0.2) is 0 Å². The van der Waals surface area contributed by atoms with E-state index in [-0.39, 0.29) is 0 Å². The first kappa shape index (κ1) is 10.2. The Balaban J connectivity index is 1.86. The average Bonchev–Trinajstić information content (AvgIpc) is 2.74. The van der Waals surface area contributed by atoms with E-state index in [1.54, 1.807) is 6.26 Å². The summed E-state index contributed by atoms with van der Waals surface area (Å²) in [4.78, 5) is 0. The summed E-state index contributed by atoms with van der Waals surface area (Å²) < 4.78 is 4.72. The van der Waals surface area contributed by atoms with E-state index >= 15 is 0 Å².